The first kappa shape index (κ1) is 25.2. The molecule has 1 fully saturated rings. The van der Waals surface area contributed by atoms with Gasteiger partial charge in [-0.2, -0.15) is 0 Å². The molecule has 0 aliphatic heterocycles. The average molecular weight is 487 g/mol. The van der Waals surface area contributed by atoms with E-state index in [-0.39, 0.29) is 26.2 Å². The number of hydrogen-bond donors (Lipinski definition) is 0. The van der Waals surface area contributed by atoms with E-state index in [1.165, 1.54) is 0 Å². The Labute approximate surface area is 211 Å². The van der Waals surface area contributed by atoms with Crippen LogP contribution in [0.2, 0.25) is 0 Å². The maximum absolute atomic E-state index is 13.6. The highest BCUT2D eigenvalue weighted by Crippen LogP contribution is 2.45. The summed E-state index contributed by atoms with van der Waals surface area (Å²) in [6, 6.07) is 27.7. The van der Waals surface area contributed by atoms with E-state index in [0.29, 0.717) is 19.3 Å². The highest BCUT2D eigenvalue weighted by Gasteiger charge is 2.59. The summed E-state index contributed by atoms with van der Waals surface area (Å²) in [4.78, 5) is 40.5. The number of ether oxygens (including phenoxy) is 3. The molecule has 6 nitrogen and oxygen atoms in total. The minimum atomic E-state index is -1.75. The Balaban J connectivity index is 1.56. The van der Waals surface area contributed by atoms with E-state index in [9.17, 15) is 14.4 Å². The van der Waals surface area contributed by atoms with Crippen LogP contribution in [0.3, 0.4) is 0 Å². The zero-order valence-corrected chi connectivity index (χ0v) is 20.1. The highest BCUT2D eigenvalue weighted by molar-refractivity contribution is 6.04. The lowest BCUT2D eigenvalue weighted by Crippen LogP contribution is -2.52. The third-order valence-electron chi connectivity index (χ3n) is 6.57. The van der Waals surface area contributed by atoms with Gasteiger partial charge in [0.1, 0.15) is 19.8 Å². The third-order valence-corrected chi connectivity index (χ3v) is 6.57. The first-order chi connectivity index (χ1) is 17.6. The standard InChI is InChI=1S/C30H30O6/c31-27(34-20-23-12-4-1-5-13-23)26-18-10-11-19-30(26,28(32)35-21-24-14-6-2-7-15-24)29(33)36-22-25-16-8-3-9-17-25/h1-9,12-17,26H,10-11,18-22H2. The monoisotopic (exact) mass is 486 g/mol. The van der Waals surface area contributed by atoms with E-state index in [2.05, 4.69) is 0 Å². The van der Waals surface area contributed by atoms with Crippen LogP contribution in [0.4, 0.5) is 0 Å². The lowest BCUT2D eigenvalue weighted by molar-refractivity contribution is -0.189. The van der Waals surface area contributed by atoms with Gasteiger partial charge in [-0.15, -0.1) is 0 Å². The first-order valence-electron chi connectivity index (χ1n) is 12.2. The molecular weight excluding hydrogens is 456 g/mol. The van der Waals surface area contributed by atoms with Gasteiger partial charge >= 0.3 is 17.9 Å². The Hall–Kier alpha value is -3.93. The van der Waals surface area contributed by atoms with E-state index >= 15 is 0 Å². The zero-order chi connectivity index (χ0) is 25.2. The number of carbonyl (C=O) groups is 3. The predicted molar refractivity (Wildman–Crippen MR) is 133 cm³/mol. The number of benzene rings is 3. The quantitative estimate of drug-likeness (QED) is 0.229. The van der Waals surface area contributed by atoms with Crippen molar-refractivity contribution in [2.75, 3.05) is 0 Å². The molecule has 3 aromatic carbocycles. The third kappa shape index (κ3) is 6.00. The summed E-state index contributed by atoms with van der Waals surface area (Å²) < 4.78 is 16.9. The molecule has 0 spiro atoms. The van der Waals surface area contributed by atoms with E-state index in [1.807, 2.05) is 91.0 Å². The van der Waals surface area contributed by atoms with Gasteiger partial charge in [0.25, 0.3) is 0 Å². The van der Waals surface area contributed by atoms with E-state index < -0.39 is 29.2 Å². The smallest absolute Gasteiger partial charge is 0.324 e. The van der Waals surface area contributed by atoms with Crippen molar-refractivity contribution >= 4 is 17.9 Å². The molecule has 4 rings (SSSR count). The number of carbonyl (C=O) groups excluding carboxylic acids is 3. The summed E-state index contributed by atoms with van der Waals surface area (Å²) in [7, 11) is 0. The van der Waals surface area contributed by atoms with Crippen LogP contribution in [-0.2, 0) is 48.4 Å². The Morgan fingerprint density at radius 1 is 0.611 bits per heavy atom. The summed E-state index contributed by atoms with van der Waals surface area (Å²) in [6.45, 7) is 0.0583. The van der Waals surface area contributed by atoms with E-state index in [0.717, 1.165) is 16.7 Å². The second kappa shape index (κ2) is 12.2. The summed E-state index contributed by atoms with van der Waals surface area (Å²) in [5.74, 6) is -3.06. The molecule has 0 N–H and O–H groups in total. The molecule has 0 radical (unpaired) electrons. The fourth-order valence-electron chi connectivity index (χ4n) is 4.60. The van der Waals surface area contributed by atoms with Crippen LogP contribution in [0.25, 0.3) is 0 Å². The van der Waals surface area contributed by atoms with Gasteiger partial charge in [0.05, 0.1) is 5.92 Å². The molecule has 3 aromatic rings. The Bertz CT molecular complexity index is 1090. The lowest BCUT2D eigenvalue weighted by atomic mass is 9.66. The number of hydrogen-bond acceptors (Lipinski definition) is 6. The van der Waals surface area contributed by atoms with E-state index in [4.69, 9.17) is 14.2 Å². The Morgan fingerprint density at radius 3 is 1.47 bits per heavy atom. The van der Waals surface area contributed by atoms with Gasteiger partial charge in [0, 0.05) is 0 Å². The maximum atomic E-state index is 13.6. The van der Waals surface area contributed by atoms with Crippen LogP contribution in [0.5, 0.6) is 0 Å². The molecule has 1 saturated carbocycles. The van der Waals surface area contributed by atoms with Crippen molar-refractivity contribution in [3.05, 3.63) is 108 Å². The molecule has 0 saturated heterocycles. The number of esters is 3. The van der Waals surface area contributed by atoms with Crippen molar-refractivity contribution in [1.29, 1.82) is 0 Å². The van der Waals surface area contributed by atoms with Gasteiger partial charge < -0.3 is 14.2 Å². The molecular formula is C30H30O6. The van der Waals surface area contributed by atoms with Gasteiger partial charge in [-0.3, -0.25) is 14.4 Å². The number of rotatable bonds is 9. The molecule has 186 valence electrons. The lowest BCUT2D eigenvalue weighted by Gasteiger charge is -2.38. The van der Waals surface area contributed by atoms with Crippen molar-refractivity contribution < 1.29 is 28.6 Å². The van der Waals surface area contributed by atoms with Crippen LogP contribution in [0.15, 0.2) is 91.0 Å². The summed E-state index contributed by atoms with van der Waals surface area (Å²) in [6.07, 6.45) is 1.81. The molecule has 36 heavy (non-hydrogen) atoms. The zero-order valence-electron chi connectivity index (χ0n) is 20.1. The summed E-state index contributed by atoms with van der Waals surface area (Å²) >= 11 is 0. The minimum absolute atomic E-state index is 0.000822. The average Bonchev–Trinajstić information content (AvgIpc) is 2.94. The van der Waals surface area contributed by atoms with Gasteiger partial charge in [-0.25, -0.2) is 0 Å². The van der Waals surface area contributed by atoms with Crippen LogP contribution in [0.1, 0.15) is 42.4 Å². The van der Waals surface area contributed by atoms with Crippen LogP contribution in [0, 0.1) is 11.3 Å². The van der Waals surface area contributed by atoms with Crippen molar-refractivity contribution in [3.8, 4) is 0 Å². The minimum Gasteiger partial charge on any atom is -0.461 e. The predicted octanol–water partition coefficient (Wildman–Crippen LogP) is 5.39. The van der Waals surface area contributed by atoms with Crippen molar-refractivity contribution in [2.24, 2.45) is 11.3 Å². The molecule has 6 heteroatoms. The second-order valence-corrected chi connectivity index (χ2v) is 8.99. The van der Waals surface area contributed by atoms with Gasteiger partial charge in [-0.05, 0) is 29.5 Å². The molecule has 1 aliphatic carbocycles. The van der Waals surface area contributed by atoms with Crippen LogP contribution >= 0.6 is 0 Å². The second-order valence-electron chi connectivity index (χ2n) is 8.99. The molecule has 1 aliphatic rings. The van der Waals surface area contributed by atoms with Crippen LogP contribution in [-0.4, -0.2) is 17.9 Å². The van der Waals surface area contributed by atoms with Crippen molar-refractivity contribution in [2.45, 2.75) is 45.5 Å². The van der Waals surface area contributed by atoms with Crippen molar-refractivity contribution in [1.82, 2.24) is 0 Å². The van der Waals surface area contributed by atoms with Gasteiger partial charge in [-0.1, -0.05) is 104 Å². The normalized spacial score (nSPS) is 16.5. The maximum Gasteiger partial charge on any atom is 0.324 e. The fourth-order valence-corrected chi connectivity index (χ4v) is 4.60. The molecule has 1 atom stereocenters. The molecule has 0 aromatic heterocycles. The van der Waals surface area contributed by atoms with Crippen LogP contribution < -0.4 is 0 Å². The molecule has 0 heterocycles. The highest BCUT2D eigenvalue weighted by atomic mass is 16.6. The first-order valence-corrected chi connectivity index (χ1v) is 12.2. The Morgan fingerprint density at radius 2 is 1.03 bits per heavy atom. The van der Waals surface area contributed by atoms with E-state index in [1.54, 1.807) is 0 Å². The van der Waals surface area contributed by atoms with Crippen molar-refractivity contribution in [3.63, 3.8) is 0 Å². The Kier molecular flexibility index (Phi) is 8.50. The molecule has 0 amide bonds. The summed E-state index contributed by atoms with van der Waals surface area (Å²) in [5, 5.41) is 0. The van der Waals surface area contributed by atoms with Gasteiger partial charge in [0.2, 0.25) is 0 Å². The SMILES string of the molecule is O=C(OCc1ccccc1)C1CCCCC1(C(=O)OCc1ccccc1)C(=O)OCc1ccccc1. The molecule has 1 unspecified atom stereocenters. The largest absolute Gasteiger partial charge is 0.461 e. The van der Waals surface area contributed by atoms with Gasteiger partial charge in [0.15, 0.2) is 5.41 Å². The summed E-state index contributed by atoms with van der Waals surface area (Å²) in [5.41, 5.74) is 0.649. The molecule has 0 bridgehead atoms. The topological polar surface area (TPSA) is 78.9 Å². The fraction of sp³-hybridized carbons (Fsp3) is 0.300.